The molecule has 0 radical (unpaired) electrons. The Hall–Kier alpha value is -1.99. The second-order valence-corrected chi connectivity index (χ2v) is 4.38. The Labute approximate surface area is 118 Å². The molecule has 0 saturated carbocycles. The SMILES string of the molecule is Cc1cccc(N/C=C(/C#N)C(=O)NCCCl)c1C. The molecule has 19 heavy (non-hydrogen) atoms. The van der Waals surface area contributed by atoms with Crippen LogP contribution in [0.15, 0.2) is 30.0 Å². The number of nitrogens with zero attached hydrogens (tertiary/aromatic N) is 1. The van der Waals surface area contributed by atoms with Gasteiger partial charge in [-0.15, -0.1) is 11.6 Å². The Bertz CT molecular complexity index is 532. The third kappa shape index (κ3) is 4.31. The molecule has 1 aromatic carbocycles. The van der Waals surface area contributed by atoms with Crippen LogP contribution in [0.25, 0.3) is 0 Å². The molecule has 0 saturated heterocycles. The van der Waals surface area contributed by atoms with Gasteiger partial charge >= 0.3 is 0 Å². The molecule has 100 valence electrons. The summed E-state index contributed by atoms with van der Waals surface area (Å²) in [5.41, 5.74) is 3.12. The average Bonchev–Trinajstić information content (AvgIpc) is 2.41. The lowest BCUT2D eigenvalue weighted by atomic mass is 10.1. The predicted molar refractivity (Wildman–Crippen MR) is 77.0 cm³/mol. The number of anilines is 1. The van der Waals surface area contributed by atoms with Gasteiger partial charge < -0.3 is 10.6 Å². The molecule has 0 unspecified atom stereocenters. The van der Waals surface area contributed by atoms with Gasteiger partial charge in [-0.1, -0.05) is 12.1 Å². The Morgan fingerprint density at radius 3 is 2.84 bits per heavy atom. The minimum atomic E-state index is -0.430. The van der Waals surface area contributed by atoms with Crippen molar-refractivity contribution in [1.29, 1.82) is 5.26 Å². The number of hydrogen-bond acceptors (Lipinski definition) is 3. The van der Waals surface area contributed by atoms with E-state index in [1.807, 2.05) is 38.1 Å². The highest BCUT2D eigenvalue weighted by Crippen LogP contribution is 2.18. The van der Waals surface area contributed by atoms with E-state index in [0.717, 1.165) is 16.8 Å². The van der Waals surface area contributed by atoms with E-state index < -0.39 is 5.91 Å². The number of hydrogen-bond donors (Lipinski definition) is 2. The highest BCUT2D eigenvalue weighted by atomic mass is 35.5. The fourth-order valence-electron chi connectivity index (χ4n) is 1.46. The lowest BCUT2D eigenvalue weighted by Crippen LogP contribution is -2.26. The highest BCUT2D eigenvalue weighted by Gasteiger charge is 2.08. The highest BCUT2D eigenvalue weighted by molar-refractivity contribution is 6.18. The van der Waals surface area contributed by atoms with E-state index in [9.17, 15) is 4.79 Å². The van der Waals surface area contributed by atoms with Crippen molar-refractivity contribution in [3.63, 3.8) is 0 Å². The van der Waals surface area contributed by atoms with Gasteiger partial charge in [0.15, 0.2) is 0 Å². The van der Waals surface area contributed by atoms with Crippen LogP contribution in [0.1, 0.15) is 11.1 Å². The van der Waals surface area contributed by atoms with Crippen molar-refractivity contribution in [3.05, 3.63) is 41.1 Å². The van der Waals surface area contributed by atoms with Crippen LogP contribution in [0.3, 0.4) is 0 Å². The van der Waals surface area contributed by atoms with Gasteiger partial charge in [0.25, 0.3) is 5.91 Å². The number of amides is 1. The molecule has 0 atom stereocenters. The van der Waals surface area contributed by atoms with Crippen molar-refractivity contribution in [2.75, 3.05) is 17.7 Å². The van der Waals surface area contributed by atoms with Gasteiger partial charge in [-0.25, -0.2) is 0 Å². The number of carbonyl (C=O) groups excluding carboxylic acids is 1. The van der Waals surface area contributed by atoms with E-state index in [0.29, 0.717) is 12.4 Å². The number of carbonyl (C=O) groups is 1. The van der Waals surface area contributed by atoms with Crippen LogP contribution >= 0.6 is 11.6 Å². The number of nitriles is 1. The molecule has 2 N–H and O–H groups in total. The fraction of sp³-hybridized carbons (Fsp3) is 0.286. The minimum absolute atomic E-state index is 0.0195. The molecule has 0 fully saturated rings. The number of halogens is 1. The van der Waals surface area contributed by atoms with Crippen LogP contribution in [0.2, 0.25) is 0 Å². The standard InChI is InChI=1S/C14H16ClN3O/c1-10-4-3-5-13(11(10)2)18-9-12(8-16)14(19)17-7-6-15/h3-5,9,18H,6-7H2,1-2H3,(H,17,19)/b12-9-. The van der Waals surface area contributed by atoms with Crippen molar-refractivity contribution in [3.8, 4) is 6.07 Å². The van der Waals surface area contributed by atoms with E-state index in [1.165, 1.54) is 6.20 Å². The number of nitrogens with one attached hydrogen (secondary N) is 2. The molecule has 1 rings (SSSR count). The van der Waals surface area contributed by atoms with Crippen LogP contribution in [0, 0.1) is 25.2 Å². The summed E-state index contributed by atoms with van der Waals surface area (Å²) in [5.74, 6) is -0.115. The Morgan fingerprint density at radius 2 is 2.21 bits per heavy atom. The van der Waals surface area contributed by atoms with Crippen molar-refractivity contribution in [1.82, 2.24) is 5.32 Å². The molecule has 0 aliphatic heterocycles. The molecule has 0 heterocycles. The van der Waals surface area contributed by atoms with Gasteiger partial charge in [-0.2, -0.15) is 5.26 Å². The summed E-state index contributed by atoms with van der Waals surface area (Å²) in [6.45, 7) is 4.32. The Balaban J connectivity index is 2.81. The first-order chi connectivity index (χ1) is 9.10. The van der Waals surface area contributed by atoms with Crippen LogP contribution in [-0.2, 0) is 4.79 Å². The zero-order valence-corrected chi connectivity index (χ0v) is 11.7. The third-order valence-corrected chi connectivity index (χ3v) is 2.91. The summed E-state index contributed by atoms with van der Waals surface area (Å²) < 4.78 is 0. The topological polar surface area (TPSA) is 64.9 Å². The number of alkyl halides is 1. The second-order valence-electron chi connectivity index (χ2n) is 4.01. The van der Waals surface area contributed by atoms with E-state index in [2.05, 4.69) is 10.6 Å². The van der Waals surface area contributed by atoms with E-state index in [4.69, 9.17) is 16.9 Å². The largest absolute Gasteiger partial charge is 0.360 e. The van der Waals surface area contributed by atoms with Crippen LogP contribution in [-0.4, -0.2) is 18.3 Å². The van der Waals surface area contributed by atoms with E-state index in [-0.39, 0.29) is 5.57 Å². The summed E-state index contributed by atoms with van der Waals surface area (Å²) in [6.07, 6.45) is 1.41. The number of rotatable bonds is 5. The molecular formula is C14H16ClN3O. The van der Waals surface area contributed by atoms with Gasteiger partial charge in [-0.3, -0.25) is 4.79 Å². The summed E-state index contributed by atoms with van der Waals surface area (Å²) in [7, 11) is 0. The minimum Gasteiger partial charge on any atom is -0.360 e. The molecule has 0 aromatic heterocycles. The van der Waals surface area contributed by atoms with Crippen molar-refractivity contribution >= 4 is 23.2 Å². The van der Waals surface area contributed by atoms with E-state index >= 15 is 0 Å². The third-order valence-electron chi connectivity index (χ3n) is 2.72. The average molecular weight is 278 g/mol. The van der Waals surface area contributed by atoms with Crippen LogP contribution in [0.5, 0.6) is 0 Å². The number of aryl methyl sites for hydroxylation is 1. The number of benzene rings is 1. The van der Waals surface area contributed by atoms with Crippen molar-refractivity contribution < 1.29 is 4.79 Å². The molecule has 0 bridgehead atoms. The molecule has 0 spiro atoms. The first-order valence-corrected chi connectivity index (χ1v) is 6.40. The maximum absolute atomic E-state index is 11.6. The molecule has 0 aliphatic carbocycles. The van der Waals surface area contributed by atoms with Gasteiger partial charge in [0, 0.05) is 24.3 Å². The van der Waals surface area contributed by atoms with Crippen LogP contribution < -0.4 is 10.6 Å². The molecule has 5 heteroatoms. The van der Waals surface area contributed by atoms with Gasteiger partial charge in [-0.05, 0) is 31.0 Å². The fourth-order valence-corrected chi connectivity index (χ4v) is 1.56. The summed E-state index contributed by atoms with van der Waals surface area (Å²) in [5, 5.41) is 14.5. The maximum Gasteiger partial charge on any atom is 0.263 e. The lowest BCUT2D eigenvalue weighted by Gasteiger charge is -2.08. The Kier molecular flexibility index (Phi) is 5.91. The molecule has 1 aromatic rings. The first-order valence-electron chi connectivity index (χ1n) is 5.87. The predicted octanol–water partition coefficient (Wildman–Crippen LogP) is 2.48. The zero-order chi connectivity index (χ0) is 14.3. The van der Waals surface area contributed by atoms with Crippen LogP contribution in [0.4, 0.5) is 5.69 Å². The Morgan fingerprint density at radius 1 is 1.47 bits per heavy atom. The molecule has 1 amide bonds. The molecule has 0 aliphatic rings. The summed E-state index contributed by atoms with van der Waals surface area (Å²) in [6, 6.07) is 7.67. The van der Waals surface area contributed by atoms with Gasteiger partial charge in [0.05, 0.1) is 0 Å². The zero-order valence-electron chi connectivity index (χ0n) is 11.0. The summed E-state index contributed by atoms with van der Waals surface area (Å²) in [4.78, 5) is 11.6. The molecule has 4 nitrogen and oxygen atoms in total. The van der Waals surface area contributed by atoms with E-state index in [1.54, 1.807) is 0 Å². The van der Waals surface area contributed by atoms with Crippen molar-refractivity contribution in [2.45, 2.75) is 13.8 Å². The van der Waals surface area contributed by atoms with Gasteiger partial charge in [0.2, 0.25) is 0 Å². The maximum atomic E-state index is 11.6. The molecular weight excluding hydrogens is 262 g/mol. The second kappa shape index (κ2) is 7.45. The monoisotopic (exact) mass is 277 g/mol. The first kappa shape index (κ1) is 15.1. The normalized spacial score (nSPS) is 10.7. The lowest BCUT2D eigenvalue weighted by molar-refractivity contribution is -0.117. The van der Waals surface area contributed by atoms with Gasteiger partial charge in [0.1, 0.15) is 11.6 Å². The quantitative estimate of drug-likeness (QED) is 0.494. The van der Waals surface area contributed by atoms with Crippen molar-refractivity contribution in [2.24, 2.45) is 0 Å². The smallest absolute Gasteiger partial charge is 0.263 e. The summed E-state index contributed by atoms with van der Waals surface area (Å²) >= 11 is 5.47.